The van der Waals surface area contributed by atoms with Crippen LogP contribution >= 0.6 is 0 Å². The van der Waals surface area contributed by atoms with E-state index in [-0.39, 0.29) is 6.10 Å². The lowest BCUT2D eigenvalue weighted by molar-refractivity contribution is 0.100. The highest BCUT2D eigenvalue weighted by atomic mass is 16.5. The van der Waals surface area contributed by atoms with Crippen LogP contribution in [0.25, 0.3) is 0 Å². The van der Waals surface area contributed by atoms with Crippen molar-refractivity contribution >= 4 is 0 Å². The van der Waals surface area contributed by atoms with Crippen LogP contribution in [0, 0.1) is 6.07 Å². The molecule has 0 heterocycles. The summed E-state index contributed by atoms with van der Waals surface area (Å²) < 4.78 is 5.27. The molecule has 11 heavy (non-hydrogen) atoms. The van der Waals surface area contributed by atoms with Crippen molar-refractivity contribution in [3.63, 3.8) is 0 Å². The lowest BCUT2D eigenvalue weighted by Gasteiger charge is -2.12. The van der Waals surface area contributed by atoms with Gasteiger partial charge in [-0.25, -0.2) is 0 Å². The zero-order valence-corrected chi connectivity index (χ0v) is 7.00. The quantitative estimate of drug-likeness (QED) is 0.641. The van der Waals surface area contributed by atoms with Gasteiger partial charge in [0, 0.05) is 7.11 Å². The summed E-state index contributed by atoms with van der Waals surface area (Å²) in [5, 5.41) is 0. The molecule has 1 nitrogen and oxygen atoms in total. The first-order chi connectivity index (χ1) is 5.38. The fourth-order valence-corrected chi connectivity index (χ4v) is 1.15. The minimum atomic E-state index is 0.240. The van der Waals surface area contributed by atoms with Crippen LogP contribution in [0.2, 0.25) is 0 Å². The highest BCUT2D eigenvalue weighted by Crippen LogP contribution is 2.18. The van der Waals surface area contributed by atoms with E-state index in [4.69, 9.17) is 4.74 Å². The Hall–Kier alpha value is -0.820. The third kappa shape index (κ3) is 2.05. The first-order valence-corrected chi connectivity index (χ1v) is 3.87. The molecule has 1 unspecified atom stereocenters. The monoisotopic (exact) mass is 149 g/mol. The number of rotatable bonds is 3. The Balaban J connectivity index is 2.74. The molecule has 1 aromatic rings. The van der Waals surface area contributed by atoms with Crippen LogP contribution in [0.15, 0.2) is 24.3 Å². The normalized spacial score (nSPS) is 12.9. The summed E-state index contributed by atoms with van der Waals surface area (Å²) in [5.74, 6) is 0. The fourth-order valence-electron chi connectivity index (χ4n) is 1.15. The standard InChI is InChI=1S/C10H13O/c1-3-10(11-2)9-7-5-4-6-8-9/h5-8,10H,3H2,1-2H3. The summed E-state index contributed by atoms with van der Waals surface area (Å²) in [6, 6.07) is 10.9. The summed E-state index contributed by atoms with van der Waals surface area (Å²) >= 11 is 0. The van der Waals surface area contributed by atoms with E-state index in [1.807, 2.05) is 24.3 Å². The molecule has 0 aromatic heterocycles. The molecule has 0 aliphatic heterocycles. The van der Waals surface area contributed by atoms with Gasteiger partial charge in [0.1, 0.15) is 0 Å². The zero-order chi connectivity index (χ0) is 8.10. The second kappa shape index (κ2) is 4.14. The number of hydrogen-bond acceptors (Lipinski definition) is 1. The smallest absolute Gasteiger partial charge is 0.0818 e. The van der Waals surface area contributed by atoms with Crippen molar-refractivity contribution in [1.29, 1.82) is 0 Å². The van der Waals surface area contributed by atoms with Gasteiger partial charge >= 0.3 is 0 Å². The SMILES string of the molecule is CCC(OC)c1cc[c]cc1. The van der Waals surface area contributed by atoms with Gasteiger partial charge in [0.2, 0.25) is 0 Å². The van der Waals surface area contributed by atoms with E-state index in [0.29, 0.717) is 0 Å². The molecule has 0 bridgehead atoms. The van der Waals surface area contributed by atoms with Gasteiger partial charge in [-0.2, -0.15) is 0 Å². The Morgan fingerprint density at radius 1 is 1.45 bits per heavy atom. The van der Waals surface area contributed by atoms with E-state index in [1.54, 1.807) is 7.11 Å². The molecule has 1 heteroatoms. The van der Waals surface area contributed by atoms with Crippen LogP contribution in [-0.4, -0.2) is 7.11 Å². The predicted molar refractivity (Wildman–Crippen MR) is 45.3 cm³/mol. The first-order valence-electron chi connectivity index (χ1n) is 3.87. The van der Waals surface area contributed by atoms with Crippen LogP contribution in [0.5, 0.6) is 0 Å². The average Bonchev–Trinajstić information content (AvgIpc) is 2.09. The van der Waals surface area contributed by atoms with Gasteiger partial charge in [0.05, 0.1) is 6.10 Å². The average molecular weight is 149 g/mol. The van der Waals surface area contributed by atoms with E-state index in [2.05, 4.69) is 13.0 Å². The Morgan fingerprint density at radius 2 is 2.09 bits per heavy atom. The van der Waals surface area contributed by atoms with Gasteiger partial charge in [-0.1, -0.05) is 31.2 Å². The fraction of sp³-hybridized carbons (Fsp3) is 0.400. The Bertz CT molecular complexity index is 189. The summed E-state index contributed by atoms with van der Waals surface area (Å²) in [6.45, 7) is 2.12. The Kier molecular flexibility index (Phi) is 3.12. The molecule has 0 fully saturated rings. The number of methoxy groups -OCH3 is 1. The molecule has 1 radical (unpaired) electrons. The van der Waals surface area contributed by atoms with E-state index in [0.717, 1.165) is 6.42 Å². The van der Waals surface area contributed by atoms with E-state index >= 15 is 0 Å². The van der Waals surface area contributed by atoms with Crippen molar-refractivity contribution < 1.29 is 4.74 Å². The summed E-state index contributed by atoms with van der Waals surface area (Å²) in [6.07, 6.45) is 1.25. The van der Waals surface area contributed by atoms with Crippen LogP contribution in [0.3, 0.4) is 0 Å². The summed E-state index contributed by atoms with van der Waals surface area (Å²) in [4.78, 5) is 0. The maximum Gasteiger partial charge on any atom is 0.0818 e. The number of ether oxygens (including phenoxy) is 1. The van der Waals surface area contributed by atoms with Crippen molar-refractivity contribution in [2.45, 2.75) is 19.4 Å². The topological polar surface area (TPSA) is 9.23 Å². The Morgan fingerprint density at radius 3 is 2.55 bits per heavy atom. The molecule has 0 N–H and O–H groups in total. The number of hydrogen-bond donors (Lipinski definition) is 0. The van der Waals surface area contributed by atoms with Crippen molar-refractivity contribution in [3.8, 4) is 0 Å². The lowest BCUT2D eigenvalue weighted by atomic mass is 10.1. The largest absolute Gasteiger partial charge is 0.377 e. The van der Waals surface area contributed by atoms with Crippen molar-refractivity contribution in [2.75, 3.05) is 7.11 Å². The van der Waals surface area contributed by atoms with Gasteiger partial charge in [-0.15, -0.1) is 0 Å². The van der Waals surface area contributed by atoms with Crippen molar-refractivity contribution in [1.82, 2.24) is 0 Å². The van der Waals surface area contributed by atoms with E-state index in [1.165, 1.54) is 5.56 Å². The van der Waals surface area contributed by atoms with Crippen LogP contribution in [-0.2, 0) is 4.74 Å². The predicted octanol–water partition coefficient (Wildman–Crippen LogP) is 2.58. The van der Waals surface area contributed by atoms with Gasteiger partial charge in [0.25, 0.3) is 0 Å². The van der Waals surface area contributed by atoms with E-state index < -0.39 is 0 Å². The number of benzene rings is 1. The molecule has 0 aliphatic carbocycles. The molecular weight excluding hydrogens is 136 g/mol. The summed E-state index contributed by atoms with van der Waals surface area (Å²) in [5.41, 5.74) is 1.23. The first kappa shape index (κ1) is 8.28. The zero-order valence-electron chi connectivity index (χ0n) is 7.00. The maximum absolute atomic E-state index is 5.27. The minimum Gasteiger partial charge on any atom is -0.377 e. The van der Waals surface area contributed by atoms with Crippen LogP contribution < -0.4 is 0 Å². The molecule has 1 rings (SSSR count). The molecule has 0 saturated carbocycles. The minimum absolute atomic E-state index is 0.240. The molecule has 0 spiro atoms. The third-order valence-corrected chi connectivity index (χ3v) is 1.77. The van der Waals surface area contributed by atoms with Gasteiger partial charge in [-0.05, 0) is 18.1 Å². The van der Waals surface area contributed by atoms with Gasteiger partial charge < -0.3 is 4.74 Å². The molecule has 0 saturated heterocycles. The highest BCUT2D eigenvalue weighted by Gasteiger charge is 2.04. The van der Waals surface area contributed by atoms with E-state index in [9.17, 15) is 0 Å². The third-order valence-electron chi connectivity index (χ3n) is 1.77. The summed E-state index contributed by atoms with van der Waals surface area (Å²) in [7, 11) is 1.74. The molecule has 59 valence electrons. The highest BCUT2D eigenvalue weighted by molar-refractivity contribution is 5.16. The molecular formula is C10H13O. The molecule has 0 amide bonds. The maximum atomic E-state index is 5.27. The lowest BCUT2D eigenvalue weighted by Crippen LogP contribution is -1.98. The Labute approximate surface area is 68.0 Å². The van der Waals surface area contributed by atoms with Crippen molar-refractivity contribution in [3.05, 3.63) is 35.9 Å². The molecule has 1 aromatic carbocycles. The van der Waals surface area contributed by atoms with Crippen molar-refractivity contribution in [2.24, 2.45) is 0 Å². The van der Waals surface area contributed by atoms with Crippen LogP contribution in [0.4, 0.5) is 0 Å². The van der Waals surface area contributed by atoms with Gasteiger partial charge in [0.15, 0.2) is 0 Å². The second-order valence-electron chi connectivity index (χ2n) is 2.47. The van der Waals surface area contributed by atoms with Crippen LogP contribution in [0.1, 0.15) is 25.0 Å². The second-order valence-corrected chi connectivity index (χ2v) is 2.47. The molecule has 0 aliphatic rings. The van der Waals surface area contributed by atoms with Gasteiger partial charge in [-0.3, -0.25) is 0 Å². The molecule has 1 atom stereocenters.